The summed E-state index contributed by atoms with van der Waals surface area (Å²) in [5.41, 5.74) is -0.206. The van der Waals surface area contributed by atoms with Gasteiger partial charge in [-0.2, -0.15) is 0 Å². The average molecular weight is 303 g/mol. The fourth-order valence-electron chi connectivity index (χ4n) is 2.03. The molecular weight excluding hydrogens is 288 g/mol. The number of halogens is 1. The van der Waals surface area contributed by atoms with Crippen molar-refractivity contribution < 1.29 is 4.74 Å². The standard InChI is InChI=1S/C11H15BrN2O3/c1-2-8-3-4-9(17-8)14-6-7(5-12)10(15)13-11(14)16/h6,8-9H,2-5H2,1H3,(H,13,15,16)/t8-,9-/m1/s1. The summed E-state index contributed by atoms with van der Waals surface area (Å²) in [6.45, 7) is 2.06. The molecule has 0 aromatic carbocycles. The van der Waals surface area contributed by atoms with Crippen LogP contribution < -0.4 is 11.2 Å². The van der Waals surface area contributed by atoms with Crippen molar-refractivity contribution in [2.24, 2.45) is 0 Å². The second-order valence-corrected chi connectivity index (χ2v) is 4.71. The van der Waals surface area contributed by atoms with Gasteiger partial charge >= 0.3 is 5.69 Å². The molecule has 1 saturated heterocycles. The maximum atomic E-state index is 11.7. The molecule has 0 bridgehead atoms. The van der Waals surface area contributed by atoms with Gasteiger partial charge in [-0.25, -0.2) is 4.79 Å². The van der Waals surface area contributed by atoms with Crippen molar-refractivity contribution in [3.05, 3.63) is 32.6 Å². The molecular formula is C11H15BrN2O3. The monoisotopic (exact) mass is 302 g/mol. The van der Waals surface area contributed by atoms with Crippen LogP contribution in [0.25, 0.3) is 0 Å². The lowest BCUT2D eigenvalue weighted by Gasteiger charge is -2.15. The van der Waals surface area contributed by atoms with E-state index >= 15 is 0 Å². The summed E-state index contributed by atoms with van der Waals surface area (Å²) in [4.78, 5) is 25.4. The molecule has 5 nitrogen and oxygen atoms in total. The lowest BCUT2D eigenvalue weighted by Crippen LogP contribution is -2.33. The van der Waals surface area contributed by atoms with Gasteiger partial charge in [0.05, 0.1) is 6.10 Å². The van der Waals surface area contributed by atoms with Crippen LogP contribution >= 0.6 is 15.9 Å². The molecule has 94 valence electrons. The van der Waals surface area contributed by atoms with Crippen LogP contribution in [0.15, 0.2) is 15.8 Å². The van der Waals surface area contributed by atoms with E-state index in [1.165, 1.54) is 4.57 Å². The zero-order valence-electron chi connectivity index (χ0n) is 9.61. The summed E-state index contributed by atoms with van der Waals surface area (Å²) >= 11 is 3.22. The van der Waals surface area contributed by atoms with Crippen LogP contribution in [0.5, 0.6) is 0 Å². The first-order valence-electron chi connectivity index (χ1n) is 5.71. The molecule has 1 aliphatic heterocycles. The van der Waals surface area contributed by atoms with E-state index in [2.05, 4.69) is 27.8 Å². The Labute approximate surface area is 107 Å². The highest BCUT2D eigenvalue weighted by molar-refractivity contribution is 9.08. The van der Waals surface area contributed by atoms with Gasteiger partial charge in [-0.1, -0.05) is 22.9 Å². The Bertz CT molecular complexity index is 508. The van der Waals surface area contributed by atoms with E-state index < -0.39 is 5.69 Å². The summed E-state index contributed by atoms with van der Waals surface area (Å²) in [6, 6.07) is 0. The number of H-pyrrole nitrogens is 1. The molecule has 2 atom stereocenters. The lowest BCUT2D eigenvalue weighted by molar-refractivity contribution is -0.00212. The maximum absolute atomic E-state index is 11.7. The number of aromatic amines is 1. The molecule has 2 rings (SSSR count). The van der Waals surface area contributed by atoms with Crippen LogP contribution in [-0.2, 0) is 10.1 Å². The molecule has 0 spiro atoms. The highest BCUT2D eigenvalue weighted by Gasteiger charge is 2.26. The van der Waals surface area contributed by atoms with Crippen molar-refractivity contribution in [3.8, 4) is 0 Å². The van der Waals surface area contributed by atoms with E-state index in [0.29, 0.717) is 10.9 Å². The summed E-state index contributed by atoms with van der Waals surface area (Å²) in [5, 5.41) is 0.423. The van der Waals surface area contributed by atoms with Crippen LogP contribution in [0.1, 0.15) is 38.0 Å². The van der Waals surface area contributed by atoms with Crippen LogP contribution in [0.2, 0.25) is 0 Å². The van der Waals surface area contributed by atoms with Crippen molar-refractivity contribution in [2.45, 2.75) is 43.8 Å². The normalized spacial score (nSPS) is 24.1. The molecule has 1 aromatic rings. The summed E-state index contributed by atoms with van der Waals surface area (Å²) in [5.74, 6) is 0. The van der Waals surface area contributed by atoms with Crippen molar-refractivity contribution in [3.63, 3.8) is 0 Å². The van der Waals surface area contributed by atoms with Crippen molar-refractivity contribution in [2.75, 3.05) is 0 Å². The molecule has 0 amide bonds. The molecule has 0 aliphatic carbocycles. The number of hydrogen-bond donors (Lipinski definition) is 1. The van der Waals surface area contributed by atoms with Gasteiger partial charge in [0.15, 0.2) is 0 Å². The van der Waals surface area contributed by atoms with Gasteiger partial charge in [-0.3, -0.25) is 14.3 Å². The maximum Gasteiger partial charge on any atom is 0.330 e. The number of nitrogens with zero attached hydrogens (tertiary/aromatic N) is 1. The lowest BCUT2D eigenvalue weighted by atomic mass is 10.2. The Hall–Kier alpha value is -0.880. The van der Waals surface area contributed by atoms with E-state index in [-0.39, 0.29) is 17.9 Å². The molecule has 2 heterocycles. The molecule has 1 fully saturated rings. The number of aromatic nitrogens is 2. The molecule has 1 aromatic heterocycles. The fourth-order valence-corrected chi connectivity index (χ4v) is 2.43. The molecule has 1 N–H and O–H groups in total. The van der Waals surface area contributed by atoms with Crippen molar-refractivity contribution in [1.29, 1.82) is 0 Å². The Morgan fingerprint density at radius 3 is 2.88 bits per heavy atom. The minimum atomic E-state index is -0.401. The van der Waals surface area contributed by atoms with E-state index in [0.717, 1.165) is 19.3 Å². The molecule has 0 radical (unpaired) electrons. The first-order chi connectivity index (χ1) is 8.15. The quantitative estimate of drug-likeness (QED) is 0.861. The van der Waals surface area contributed by atoms with Crippen molar-refractivity contribution >= 4 is 15.9 Å². The van der Waals surface area contributed by atoms with Gasteiger partial charge in [0.25, 0.3) is 5.56 Å². The topological polar surface area (TPSA) is 64.1 Å². The first-order valence-corrected chi connectivity index (χ1v) is 6.83. The Balaban J connectivity index is 2.33. The second-order valence-electron chi connectivity index (χ2n) is 4.15. The molecule has 17 heavy (non-hydrogen) atoms. The number of hydrogen-bond acceptors (Lipinski definition) is 3. The SMILES string of the molecule is CC[C@@H]1CC[C@H](n2cc(CBr)c(=O)[nH]c2=O)O1. The number of ether oxygens (including phenoxy) is 1. The van der Waals surface area contributed by atoms with Gasteiger partial charge in [0.1, 0.15) is 6.23 Å². The predicted molar refractivity (Wildman–Crippen MR) is 67.4 cm³/mol. The number of nitrogens with one attached hydrogen (secondary N) is 1. The van der Waals surface area contributed by atoms with Gasteiger partial charge in [-0.15, -0.1) is 0 Å². The van der Waals surface area contributed by atoms with E-state index in [9.17, 15) is 9.59 Å². The fraction of sp³-hybridized carbons (Fsp3) is 0.636. The van der Waals surface area contributed by atoms with E-state index in [1.54, 1.807) is 6.20 Å². The first kappa shape index (κ1) is 12.6. The summed E-state index contributed by atoms with van der Waals surface area (Å²) in [6.07, 6.45) is 4.26. The van der Waals surface area contributed by atoms with Gasteiger partial charge < -0.3 is 4.74 Å². The molecule has 0 unspecified atom stereocenters. The van der Waals surface area contributed by atoms with Gasteiger partial charge in [0, 0.05) is 17.1 Å². The molecule has 0 saturated carbocycles. The summed E-state index contributed by atoms with van der Waals surface area (Å²) < 4.78 is 7.22. The van der Waals surface area contributed by atoms with E-state index in [4.69, 9.17) is 4.74 Å². The van der Waals surface area contributed by atoms with Crippen LogP contribution in [-0.4, -0.2) is 15.7 Å². The Morgan fingerprint density at radius 2 is 2.29 bits per heavy atom. The van der Waals surface area contributed by atoms with Crippen LogP contribution in [0, 0.1) is 0 Å². The number of alkyl halides is 1. The zero-order chi connectivity index (χ0) is 12.4. The Morgan fingerprint density at radius 1 is 1.53 bits per heavy atom. The molecule has 1 aliphatic rings. The number of rotatable bonds is 3. The zero-order valence-corrected chi connectivity index (χ0v) is 11.2. The van der Waals surface area contributed by atoms with Crippen LogP contribution in [0.4, 0.5) is 0 Å². The smallest absolute Gasteiger partial charge is 0.330 e. The third-order valence-corrected chi connectivity index (χ3v) is 3.64. The van der Waals surface area contributed by atoms with Crippen molar-refractivity contribution in [1.82, 2.24) is 9.55 Å². The minimum absolute atomic E-state index is 0.214. The summed E-state index contributed by atoms with van der Waals surface area (Å²) in [7, 11) is 0. The Kier molecular flexibility index (Phi) is 3.83. The third kappa shape index (κ3) is 2.52. The predicted octanol–water partition coefficient (Wildman–Crippen LogP) is 1.52. The average Bonchev–Trinajstić information content (AvgIpc) is 2.78. The third-order valence-electron chi connectivity index (χ3n) is 3.04. The minimum Gasteiger partial charge on any atom is -0.355 e. The highest BCUT2D eigenvalue weighted by Crippen LogP contribution is 2.28. The largest absolute Gasteiger partial charge is 0.355 e. The van der Waals surface area contributed by atoms with Gasteiger partial charge in [-0.05, 0) is 19.3 Å². The van der Waals surface area contributed by atoms with Crippen LogP contribution in [0.3, 0.4) is 0 Å². The second kappa shape index (κ2) is 5.18. The van der Waals surface area contributed by atoms with E-state index in [1.807, 2.05) is 0 Å². The molecule has 6 heteroatoms. The highest BCUT2D eigenvalue weighted by atomic mass is 79.9. The van der Waals surface area contributed by atoms with Gasteiger partial charge in [0.2, 0.25) is 0 Å².